The van der Waals surface area contributed by atoms with Gasteiger partial charge in [-0.15, -0.1) is 11.6 Å². The minimum Gasteiger partial charge on any atom is -0.322 e. The highest BCUT2D eigenvalue weighted by atomic mass is 35.5. The van der Waals surface area contributed by atoms with Crippen molar-refractivity contribution in [1.29, 1.82) is 0 Å². The maximum absolute atomic E-state index is 13.4. The van der Waals surface area contributed by atoms with E-state index in [1.54, 1.807) is 36.4 Å². The van der Waals surface area contributed by atoms with Crippen LogP contribution < -0.4 is 5.32 Å². The number of amides is 1. The van der Waals surface area contributed by atoms with Gasteiger partial charge in [-0.2, -0.15) is 0 Å². The molecule has 0 bridgehead atoms. The van der Waals surface area contributed by atoms with E-state index in [1.807, 2.05) is 6.07 Å². The molecule has 0 aliphatic heterocycles. The lowest BCUT2D eigenvalue weighted by molar-refractivity contribution is -0.116. The summed E-state index contributed by atoms with van der Waals surface area (Å²) >= 11 is 6.02. The fraction of sp³-hybridized carbons (Fsp3) is 0.0714. The van der Waals surface area contributed by atoms with Gasteiger partial charge in [-0.3, -0.25) is 4.79 Å². The molecule has 0 heterocycles. The summed E-state index contributed by atoms with van der Waals surface area (Å²) in [6.45, 7) is 0. The summed E-state index contributed by atoms with van der Waals surface area (Å²) in [6.07, 6.45) is 0. The van der Waals surface area contributed by atoms with Gasteiger partial charge in [0.2, 0.25) is 5.91 Å². The van der Waals surface area contributed by atoms with Crippen LogP contribution in [0.15, 0.2) is 54.6 Å². The molecule has 0 fully saturated rings. The van der Waals surface area contributed by atoms with E-state index < -0.39 is 17.1 Å². The van der Waals surface area contributed by atoms with Crippen molar-refractivity contribution in [2.75, 3.05) is 5.32 Å². The molecule has 0 unspecified atom stereocenters. The molecular weight excluding hydrogens is 253 g/mol. The van der Waals surface area contributed by atoms with Gasteiger partial charge in [0.15, 0.2) is 0 Å². The predicted molar refractivity (Wildman–Crippen MR) is 70.1 cm³/mol. The lowest BCUT2D eigenvalue weighted by Gasteiger charge is -2.11. The number of carbonyl (C=O) groups excluding carboxylic acids is 1. The first-order valence-electron chi connectivity index (χ1n) is 5.43. The molecule has 2 rings (SSSR count). The zero-order valence-corrected chi connectivity index (χ0v) is 10.2. The van der Waals surface area contributed by atoms with E-state index >= 15 is 0 Å². The quantitative estimate of drug-likeness (QED) is 0.840. The Morgan fingerprint density at radius 3 is 2.33 bits per heavy atom. The van der Waals surface area contributed by atoms with Crippen molar-refractivity contribution in [3.05, 3.63) is 66.0 Å². The number of carbonyl (C=O) groups is 1. The van der Waals surface area contributed by atoms with Crippen LogP contribution in [0, 0.1) is 5.82 Å². The molecule has 0 saturated heterocycles. The Kier molecular flexibility index (Phi) is 3.95. The Morgan fingerprint density at radius 2 is 1.67 bits per heavy atom. The van der Waals surface area contributed by atoms with Crippen LogP contribution in [0.4, 0.5) is 10.1 Å². The lowest BCUT2D eigenvalue weighted by atomic mass is 10.1. The van der Waals surface area contributed by atoms with Crippen molar-refractivity contribution in [1.82, 2.24) is 0 Å². The molecule has 18 heavy (non-hydrogen) atoms. The Bertz CT molecular complexity index is 545. The third-order valence-corrected chi connectivity index (χ3v) is 2.90. The first-order valence-corrected chi connectivity index (χ1v) is 5.86. The maximum atomic E-state index is 13.4. The summed E-state index contributed by atoms with van der Waals surface area (Å²) < 4.78 is 13.4. The fourth-order valence-corrected chi connectivity index (χ4v) is 1.73. The van der Waals surface area contributed by atoms with Gasteiger partial charge in [0, 0.05) is 0 Å². The van der Waals surface area contributed by atoms with Gasteiger partial charge in [-0.05, 0) is 17.7 Å². The number of para-hydroxylation sites is 1. The Labute approximate surface area is 109 Å². The monoisotopic (exact) mass is 263 g/mol. The highest BCUT2D eigenvalue weighted by Gasteiger charge is 2.18. The number of hydrogen-bond acceptors (Lipinski definition) is 1. The number of nitrogens with one attached hydrogen (secondary N) is 1. The van der Waals surface area contributed by atoms with Crippen LogP contribution in [-0.4, -0.2) is 5.91 Å². The van der Waals surface area contributed by atoms with E-state index in [4.69, 9.17) is 11.6 Å². The minimum absolute atomic E-state index is 0.129. The summed E-state index contributed by atoms with van der Waals surface area (Å²) in [5.41, 5.74) is 0.803. The van der Waals surface area contributed by atoms with Crippen molar-refractivity contribution in [3.63, 3.8) is 0 Å². The molecule has 4 heteroatoms. The molecule has 1 atom stereocenters. The van der Waals surface area contributed by atoms with Gasteiger partial charge in [-0.25, -0.2) is 4.39 Å². The summed E-state index contributed by atoms with van der Waals surface area (Å²) in [5.74, 6) is -0.934. The molecule has 92 valence electrons. The standard InChI is InChI=1S/C14H11ClFNO/c15-13(10-6-2-1-3-7-10)14(18)17-12-9-5-4-8-11(12)16/h1-9,13H,(H,17,18)/t13-/m1/s1. The number of anilines is 1. The fourth-order valence-electron chi connectivity index (χ4n) is 1.53. The number of alkyl halides is 1. The largest absolute Gasteiger partial charge is 0.322 e. The van der Waals surface area contributed by atoms with E-state index in [1.165, 1.54) is 12.1 Å². The second kappa shape index (κ2) is 5.65. The molecule has 1 amide bonds. The highest BCUT2D eigenvalue weighted by Crippen LogP contribution is 2.22. The van der Waals surface area contributed by atoms with Gasteiger partial charge >= 0.3 is 0 Å². The van der Waals surface area contributed by atoms with Crippen molar-refractivity contribution < 1.29 is 9.18 Å². The van der Waals surface area contributed by atoms with Crippen molar-refractivity contribution in [2.24, 2.45) is 0 Å². The summed E-state index contributed by atoms with van der Waals surface area (Å²) in [6, 6.07) is 14.9. The van der Waals surface area contributed by atoms with Crippen molar-refractivity contribution >= 4 is 23.2 Å². The normalized spacial score (nSPS) is 11.9. The number of benzene rings is 2. The van der Waals surface area contributed by atoms with Gasteiger partial charge in [0.05, 0.1) is 5.69 Å². The highest BCUT2D eigenvalue weighted by molar-refractivity contribution is 6.32. The summed E-state index contributed by atoms with van der Waals surface area (Å²) in [7, 11) is 0. The number of rotatable bonds is 3. The smallest absolute Gasteiger partial charge is 0.247 e. The first kappa shape index (κ1) is 12.6. The molecule has 0 aliphatic carbocycles. The Balaban J connectivity index is 2.12. The molecule has 0 aliphatic rings. The summed E-state index contributed by atoms with van der Waals surface area (Å²) in [4.78, 5) is 11.9. The van der Waals surface area contributed by atoms with Crippen molar-refractivity contribution in [2.45, 2.75) is 5.38 Å². The topological polar surface area (TPSA) is 29.1 Å². The van der Waals surface area contributed by atoms with E-state index in [0.717, 1.165) is 0 Å². The van der Waals surface area contributed by atoms with Crippen LogP contribution in [0.1, 0.15) is 10.9 Å². The predicted octanol–water partition coefficient (Wildman–Crippen LogP) is 3.74. The van der Waals surface area contributed by atoms with Crippen LogP contribution in [-0.2, 0) is 4.79 Å². The molecule has 0 spiro atoms. The molecular formula is C14H11ClFNO. The first-order chi connectivity index (χ1) is 8.68. The SMILES string of the molecule is O=C(Nc1ccccc1F)[C@H](Cl)c1ccccc1. The van der Waals surface area contributed by atoms with E-state index in [-0.39, 0.29) is 5.69 Å². The second-order valence-corrected chi connectivity index (χ2v) is 4.18. The average Bonchev–Trinajstić information content (AvgIpc) is 2.41. The zero-order valence-electron chi connectivity index (χ0n) is 9.44. The maximum Gasteiger partial charge on any atom is 0.247 e. The number of hydrogen-bond donors (Lipinski definition) is 1. The zero-order chi connectivity index (χ0) is 13.0. The Hall–Kier alpha value is -1.87. The Morgan fingerprint density at radius 1 is 1.06 bits per heavy atom. The molecule has 1 N–H and O–H groups in total. The molecule has 2 aromatic carbocycles. The third-order valence-electron chi connectivity index (χ3n) is 2.45. The lowest BCUT2D eigenvalue weighted by Crippen LogP contribution is -2.18. The minimum atomic E-state index is -0.842. The molecule has 2 nitrogen and oxygen atoms in total. The van der Waals surface area contributed by atoms with Gasteiger partial charge in [0.25, 0.3) is 0 Å². The van der Waals surface area contributed by atoms with E-state index in [2.05, 4.69) is 5.32 Å². The number of halogens is 2. The molecule has 0 radical (unpaired) electrons. The third kappa shape index (κ3) is 2.87. The van der Waals surface area contributed by atoms with Crippen LogP contribution in [0.3, 0.4) is 0 Å². The van der Waals surface area contributed by atoms with Crippen molar-refractivity contribution in [3.8, 4) is 0 Å². The van der Waals surface area contributed by atoms with E-state index in [9.17, 15) is 9.18 Å². The van der Waals surface area contributed by atoms with Crippen LogP contribution >= 0.6 is 11.6 Å². The molecule has 0 aromatic heterocycles. The summed E-state index contributed by atoms with van der Waals surface area (Å²) in [5, 5.41) is 1.62. The van der Waals surface area contributed by atoms with Crippen LogP contribution in [0.2, 0.25) is 0 Å². The van der Waals surface area contributed by atoms with Gasteiger partial charge in [0.1, 0.15) is 11.2 Å². The van der Waals surface area contributed by atoms with E-state index in [0.29, 0.717) is 5.56 Å². The van der Waals surface area contributed by atoms with Crippen LogP contribution in [0.25, 0.3) is 0 Å². The van der Waals surface area contributed by atoms with Crippen LogP contribution in [0.5, 0.6) is 0 Å². The van der Waals surface area contributed by atoms with Gasteiger partial charge in [-0.1, -0.05) is 42.5 Å². The molecule has 2 aromatic rings. The van der Waals surface area contributed by atoms with Gasteiger partial charge < -0.3 is 5.32 Å². The second-order valence-electron chi connectivity index (χ2n) is 3.74. The molecule has 0 saturated carbocycles. The average molecular weight is 264 g/mol.